The second kappa shape index (κ2) is 8.87. The lowest BCUT2D eigenvalue weighted by molar-refractivity contribution is -0.132. The Morgan fingerprint density at radius 2 is 1.90 bits per heavy atom. The number of piperazine rings is 1. The van der Waals surface area contributed by atoms with Crippen LogP contribution in [0, 0.1) is 0 Å². The van der Waals surface area contributed by atoms with Crippen LogP contribution in [0.3, 0.4) is 0 Å². The van der Waals surface area contributed by atoms with E-state index in [1.807, 2.05) is 30.1 Å². The predicted octanol–water partition coefficient (Wildman–Crippen LogP) is 1.36. The number of carbonyl (C=O) groups is 2. The van der Waals surface area contributed by atoms with Crippen LogP contribution >= 0.6 is 0 Å². The Morgan fingerprint density at radius 3 is 2.67 bits per heavy atom. The number of rotatable bonds is 5. The van der Waals surface area contributed by atoms with Gasteiger partial charge in [0.2, 0.25) is 11.9 Å². The number of hydrogen-bond donors (Lipinski definition) is 2. The van der Waals surface area contributed by atoms with Crippen molar-refractivity contribution < 1.29 is 9.59 Å². The van der Waals surface area contributed by atoms with E-state index in [0.717, 1.165) is 31.6 Å². The van der Waals surface area contributed by atoms with Gasteiger partial charge in [0.25, 0.3) is 0 Å². The smallest absolute Gasteiger partial charge is 0.328 e. The van der Waals surface area contributed by atoms with Crippen LogP contribution in [0.5, 0.6) is 0 Å². The monoisotopic (exact) mass is 408 g/mol. The quantitative estimate of drug-likeness (QED) is 0.660. The van der Waals surface area contributed by atoms with Gasteiger partial charge in [-0.15, -0.1) is 0 Å². The number of anilines is 2. The summed E-state index contributed by atoms with van der Waals surface area (Å²) in [4.78, 5) is 39.6. The van der Waals surface area contributed by atoms with Crippen molar-refractivity contribution in [1.82, 2.24) is 35.3 Å². The molecule has 0 spiro atoms. The number of carbonyl (C=O) groups excluding carboxylic acids is 2. The van der Waals surface area contributed by atoms with Gasteiger partial charge in [-0.25, -0.2) is 14.7 Å². The lowest BCUT2D eigenvalue weighted by atomic mass is 10.3. The van der Waals surface area contributed by atoms with Crippen molar-refractivity contribution in [2.45, 2.75) is 6.42 Å². The van der Waals surface area contributed by atoms with Crippen LogP contribution in [0.1, 0.15) is 6.42 Å². The third-order valence-electron chi connectivity index (χ3n) is 5.07. The highest BCUT2D eigenvalue weighted by Gasteiger charge is 2.23. The van der Waals surface area contributed by atoms with E-state index in [0.29, 0.717) is 11.3 Å². The van der Waals surface area contributed by atoms with Crippen molar-refractivity contribution in [3.8, 4) is 0 Å². The summed E-state index contributed by atoms with van der Waals surface area (Å²) in [5.41, 5.74) is 1.17. The molecule has 0 unspecified atom stereocenters. The minimum atomic E-state index is -0.397. The van der Waals surface area contributed by atoms with Crippen LogP contribution in [-0.4, -0.2) is 81.7 Å². The zero-order valence-corrected chi connectivity index (χ0v) is 16.8. The molecular formula is C20H24N8O2. The Hall–Kier alpha value is -3.53. The van der Waals surface area contributed by atoms with E-state index in [2.05, 4.69) is 30.4 Å². The fourth-order valence-electron chi connectivity index (χ4n) is 3.31. The summed E-state index contributed by atoms with van der Waals surface area (Å²) in [5, 5.41) is 10.3. The van der Waals surface area contributed by atoms with Gasteiger partial charge in [-0.3, -0.25) is 9.89 Å². The predicted molar refractivity (Wildman–Crippen MR) is 112 cm³/mol. The fraction of sp³-hybridized carbons (Fsp3) is 0.350. The van der Waals surface area contributed by atoms with Crippen molar-refractivity contribution in [3.05, 3.63) is 42.7 Å². The Balaban J connectivity index is 1.44. The van der Waals surface area contributed by atoms with Gasteiger partial charge in [0.05, 0.1) is 17.3 Å². The first-order chi connectivity index (χ1) is 14.6. The standard InChI is InChI=1S/C20H24N8O2/c1-26-9-11-27(12-10-26)17(29)7-8-21-20(30)28(16-5-3-2-4-6-16)19-22-13-15-14-23-25-18(15)24-19/h2-6,13-14H,7-12H2,1H3,(H,21,30)(H,22,23,24,25). The van der Waals surface area contributed by atoms with Gasteiger partial charge < -0.3 is 15.1 Å². The Labute approximate surface area is 173 Å². The second-order valence-electron chi connectivity index (χ2n) is 7.18. The van der Waals surface area contributed by atoms with Gasteiger partial charge in [-0.2, -0.15) is 10.1 Å². The molecule has 2 N–H and O–H groups in total. The molecule has 0 aliphatic carbocycles. The lowest BCUT2D eigenvalue weighted by Gasteiger charge is -2.32. The molecule has 30 heavy (non-hydrogen) atoms. The number of benzene rings is 1. The molecule has 2 aromatic heterocycles. The molecule has 1 aromatic carbocycles. The molecule has 3 aromatic rings. The molecule has 1 fully saturated rings. The number of para-hydroxylation sites is 1. The zero-order chi connectivity index (χ0) is 20.9. The molecule has 3 amide bonds. The molecule has 1 aliphatic heterocycles. The van der Waals surface area contributed by atoms with Crippen molar-refractivity contribution in [2.75, 3.05) is 44.7 Å². The first kappa shape index (κ1) is 19.8. The van der Waals surface area contributed by atoms with E-state index in [-0.39, 0.29) is 24.8 Å². The van der Waals surface area contributed by atoms with Crippen molar-refractivity contribution in [3.63, 3.8) is 0 Å². The number of nitrogens with zero attached hydrogens (tertiary/aromatic N) is 6. The SMILES string of the molecule is CN1CCN(C(=O)CCNC(=O)N(c2ccccc2)c2ncc3cn[nH]c3n2)CC1. The highest BCUT2D eigenvalue weighted by molar-refractivity contribution is 5.98. The highest BCUT2D eigenvalue weighted by atomic mass is 16.2. The largest absolute Gasteiger partial charge is 0.340 e. The third-order valence-corrected chi connectivity index (χ3v) is 5.07. The van der Waals surface area contributed by atoms with Crippen LogP contribution in [0.4, 0.5) is 16.4 Å². The van der Waals surface area contributed by atoms with E-state index in [1.54, 1.807) is 24.5 Å². The van der Waals surface area contributed by atoms with Crippen molar-refractivity contribution in [1.29, 1.82) is 0 Å². The number of amides is 3. The summed E-state index contributed by atoms with van der Waals surface area (Å²) < 4.78 is 0. The first-order valence-corrected chi connectivity index (χ1v) is 9.87. The van der Waals surface area contributed by atoms with Gasteiger partial charge in [-0.05, 0) is 19.2 Å². The van der Waals surface area contributed by atoms with Crippen LogP contribution in [0.15, 0.2) is 42.7 Å². The lowest BCUT2D eigenvalue weighted by Crippen LogP contribution is -2.48. The Morgan fingerprint density at radius 1 is 1.13 bits per heavy atom. The molecule has 4 rings (SSSR count). The van der Waals surface area contributed by atoms with E-state index >= 15 is 0 Å². The number of fused-ring (bicyclic) bond motifs is 1. The van der Waals surface area contributed by atoms with E-state index in [4.69, 9.17) is 0 Å². The van der Waals surface area contributed by atoms with Gasteiger partial charge in [0.1, 0.15) is 0 Å². The van der Waals surface area contributed by atoms with Crippen molar-refractivity contribution in [2.24, 2.45) is 0 Å². The molecule has 0 saturated carbocycles. The molecule has 1 saturated heterocycles. The Kier molecular flexibility index (Phi) is 5.84. The van der Waals surface area contributed by atoms with Crippen LogP contribution < -0.4 is 10.2 Å². The van der Waals surface area contributed by atoms with Gasteiger partial charge >= 0.3 is 6.03 Å². The van der Waals surface area contributed by atoms with Crippen LogP contribution in [-0.2, 0) is 4.79 Å². The third kappa shape index (κ3) is 4.38. The summed E-state index contributed by atoms with van der Waals surface area (Å²) in [6.07, 6.45) is 3.48. The molecule has 1 aliphatic rings. The maximum Gasteiger partial charge on any atom is 0.328 e. The molecular weight excluding hydrogens is 384 g/mol. The highest BCUT2D eigenvalue weighted by Crippen LogP contribution is 2.23. The van der Waals surface area contributed by atoms with E-state index in [9.17, 15) is 9.59 Å². The molecule has 0 bridgehead atoms. The first-order valence-electron chi connectivity index (χ1n) is 9.87. The molecule has 10 nitrogen and oxygen atoms in total. The average Bonchev–Trinajstić information content (AvgIpc) is 3.23. The number of aromatic nitrogens is 4. The van der Waals surface area contributed by atoms with Crippen LogP contribution in [0.25, 0.3) is 11.0 Å². The minimum absolute atomic E-state index is 0.0461. The fourth-order valence-corrected chi connectivity index (χ4v) is 3.31. The van der Waals surface area contributed by atoms with Gasteiger partial charge in [0, 0.05) is 45.3 Å². The summed E-state index contributed by atoms with van der Waals surface area (Å²) in [5.74, 6) is 0.269. The second-order valence-corrected chi connectivity index (χ2v) is 7.18. The maximum atomic E-state index is 13.0. The van der Waals surface area contributed by atoms with Crippen LogP contribution in [0.2, 0.25) is 0 Å². The molecule has 0 radical (unpaired) electrons. The number of H-pyrrole nitrogens is 1. The van der Waals surface area contributed by atoms with E-state index in [1.165, 1.54) is 4.90 Å². The maximum absolute atomic E-state index is 13.0. The number of urea groups is 1. The summed E-state index contributed by atoms with van der Waals surface area (Å²) >= 11 is 0. The molecule has 156 valence electrons. The van der Waals surface area contributed by atoms with Gasteiger partial charge in [0.15, 0.2) is 5.65 Å². The number of hydrogen-bond acceptors (Lipinski definition) is 6. The van der Waals surface area contributed by atoms with Gasteiger partial charge in [-0.1, -0.05) is 18.2 Å². The summed E-state index contributed by atoms with van der Waals surface area (Å²) in [7, 11) is 2.04. The topological polar surface area (TPSA) is 110 Å². The minimum Gasteiger partial charge on any atom is -0.340 e. The number of aromatic amines is 1. The van der Waals surface area contributed by atoms with Crippen molar-refractivity contribution >= 4 is 34.6 Å². The average molecular weight is 408 g/mol. The summed E-state index contributed by atoms with van der Waals surface area (Å²) in [6, 6.07) is 8.74. The zero-order valence-electron chi connectivity index (χ0n) is 16.8. The molecule has 10 heteroatoms. The Bertz CT molecular complexity index is 1010. The summed E-state index contributed by atoms with van der Waals surface area (Å²) in [6.45, 7) is 3.41. The van der Waals surface area contributed by atoms with E-state index < -0.39 is 6.03 Å². The number of likely N-dealkylation sites (N-methyl/N-ethyl adjacent to an activating group) is 1. The normalized spacial score (nSPS) is 14.6. The molecule has 3 heterocycles. The molecule has 0 atom stereocenters. The number of nitrogens with one attached hydrogen (secondary N) is 2.